The molecule has 3 heteroatoms. The first-order valence-electron chi connectivity index (χ1n) is 8.37. The van der Waals surface area contributed by atoms with E-state index in [2.05, 4.69) is 30.8 Å². The van der Waals surface area contributed by atoms with Crippen molar-refractivity contribution in [1.29, 1.82) is 0 Å². The highest BCUT2D eigenvalue weighted by atomic mass is 16.1. The molecule has 0 spiro atoms. The van der Waals surface area contributed by atoms with Crippen molar-refractivity contribution in [2.45, 2.75) is 52.5 Å². The number of hydrogen-bond donors (Lipinski definition) is 0. The molecule has 0 aromatic carbocycles. The van der Waals surface area contributed by atoms with E-state index in [1.165, 1.54) is 22.4 Å². The van der Waals surface area contributed by atoms with Crippen LogP contribution >= 0.6 is 0 Å². The molecule has 2 aliphatic heterocycles. The fourth-order valence-electron chi connectivity index (χ4n) is 5.12. The molecule has 0 saturated heterocycles. The van der Waals surface area contributed by atoms with Crippen molar-refractivity contribution in [2.75, 3.05) is 7.05 Å². The third kappa shape index (κ3) is 1.57. The molecule has 5 bridgehead atoms. The van der Waals surface area contributed by atoms with Gasteiger partial charge in [-0.1, -0.05) is 19.4 Å². The predicted molar refractivity (Wildman–Crippen MR) is 88.6 cm³/mol. The van der Waals surface area contributed by atoms with Gasteiger partial charge in [-0.25, -0.2) is 0 Å². The highest BCUT2D eigenvalue weighted by Gasteiger charge is 2.51. The Kier molecular flexibility index (Phi) is 2.82. The zero-order valence-corrected chi connectivity index (χ0v) is 13.9. The SMILES string of the molecule is CC(=O)C1=CN=CCC2(C)C3=C1C1=C(CC3)N(C)C(C1)C2C. The van der Waals surface area contributed by atoms with Crippen LogP contribution in [-0.4, -0.2) is 30.0 Å². The highest BCUT2D eigenvalue weighted by molar-refractivity contribution is 6.00. The molecule has 4 rings (SSSR count). The van der Waals surface area contributed by atoms with Crippen LogP contribution in [0.4, 0.5) is 0 Å². The monoisotopic (exact) mass is 296 g/mol. The van der Waals surface area contributed by atoms with Gasteiger partial charge in [-0.2, -0.15) is 0 Å². The van der Waals surface area contributed by atoms with E-state index in [0.29, 0.717) is 12.0 Å². The van der Waals surface area contributed by atoms with Crippen LogP contribution in [0.25, 0.3) is 0 Å². The second kappa shape index (κ2) is 4.43. The summed E-state index contributed by atoms with van der Waals surface area (Å²) in [7, 11) is 2.24. The van der Waals surface area contributed by atoms with Gasteiger partial charge in [-0.05, 0) is 55.1 Å². The van der Waals surface area contributed by atoms with E-state index in [-0.39, 0.29) is 11.2 Å². The average molecular weight is 296 g/mol. The van der Waals surface area contributed by atoms with Crippen molar-refractivity contribution in [3.05, 3.63) is 34.2 Å². The summed E-state index contributed by atoms with van der Waals surface area (Å²) in [6.45, 7) is 6.46. The van der Waals surface area contributed by atoms with E-state index < -0.39 is 0 Å². The van der Waals surface area contributed by atoms with Crippen LogP contribution in [0, 0.1) is 11.3 Å². The number of carbonyl (C=O) groups excluding carboxylic acids is 1. The summed E-state index contributed by atoms with van der Waals surface area (Å²) in [4.78, 5) is 19.2. The smallest absolute Gasteiger partial charge is 0.161 e. The topological polar surface area (TPSA) is 32.7 Å². The fourth-order valence-corrected chi connectivity index (χ4v) is 5.12. The minimum Gasteiger partial charge on any atom is -0.374 e. The van der Waals surface area contributed by atoms with Gasteiger partial charge >= 0.3 is 0 Å². The second-order valence-electron chi connectivity index (χ2n) is 7.50. The van der Waals surface area contributed by atoms with E-state index >= 15 is 0 Å². The van der Waals surface area contributed by atoms with Gasteiger partial charge in [0.15, 0.2) is 5.78 Å². The molecule has 22 heavy (non-hydrogen) atoms. The minimum absolute atomic E-state index is 0.112. The number of ketones is 1. The summed E-state index contributed by atoms with van der Waals surface area (Å²) in [6, 6.07) is 0.558. The molecule has 0 fully saturated rings. The molecule has 0 N–H and O–H groups in total. The lowest BCUT2D eigenvalue weighted by molar-refractivity contribution is -0.113. The first kappa shape index (κ1) is 14.0. The molecule has 4 aliphatic rings. The van der Waals surface area contributed by atoms with Crippen molar-refractivity contribution in [3.63, 3.8) is 0 Å². The molecule has 2 aliphatic carbocycles. The van der Waals surface area contributed by atoms with Crippen LogP contribution in [-0.2, 0) is 4.79 Å². The van der Waals surface area contributed by atoms with Gasteiger partial charge in [0.2, 0.25) is 0 Å². The second-order valence-corrected chi connectivity index (χ2v) is 7.50. The van der Waals surface area contributed by atoms with Gasteiger partial charge < -0.3 is 4.90 Å². The Morgan fingerprint density at radius 2 is 2.18 bits per heavy atom. The lowest BCUT2D eigenvalue weighted by atomic mass is 9.63. The molecule has 0 saturated carbocycles. The fraction of sp³-hybridized carbons (Fsp3) is 0.579. The first-order valence-corrected chi connectivity index (χ1v) is 8.37. The number of hydrogen-bond acceptors (Lipinski definition) is 3. The summed E-state index contributed by atoms with van der Waals surface area (Å²) >= 11 is 0. The lowest BCUT2D eigenvalue weighted by Crippen LogP contribution is -2.44. The number of rotatable bonds is 1. The zero-order chi connectivity index (χ0) is 15.6. The van der Waals surface area contributed by atoms with Crippen LogP contribution in [0.5, 0.6) is 0 Å². The maximum Gasteiger partial charge on any atom is 0.161 e. The number of nitrogens with zero attached hydrogens (tertiary/aromatic N) is 2. The molecule has 0 aromatic heterocycles. The molecule has 0 radical (unpaired) electrons. The molecule has 3 atom stereocenters. The van der Waals surface area contributed by atoms with Crippen molar-refractivity contribution in [3.8, 4) is 0 Å². The maximum atomic E-state index is 12.3. The van der Waals surface area contributed by atoms with Crippen molar-refractivity contribution in [1.82, 2.24) is 4.90 Å². The van der Waals surface area contributed by atoms with E-state index in [4.69, 9.17) is 0 Å². The summed E-state index contributed by atoms with van der Waals surface area (Å²) in [5.41, 5.74) is 6.61. The van der Waals surface area contributed by atoms with Crippen molar-refractivity contribution in [2.24, 2.45) is 16.3 Å². The Morgan fingerprint density at radius 1 is 1.41 bits per heavy atom. The van der Waals surface area contributed by atoms with Crippen LogP contribution in [0.1, 0.15) is 46.5 Å². The Morgan fingerprint density at radius 3 is 2.91 bits per heavy atom. The average Bonchev–Trinajstić information content (AvgIpc) is 2.77. The molecule has 116 valence electrons. The van der Waals surface area contributed by atoms with Gasteiger partial charge in [0, 0.05) is 36.8 Å². The third-order valence-corrected chi connectivity index (χ3v) is 6.64. The number of Topliss-reactive ketones (excluding diaryl/α,β-unsaturated/α-hetero) is 1. The largest absolute Gasteiger partial charge is 0.374 e. The number of aliphatic imine (C=N–C) groups is 1. The predicted octanol–water partition coefficient (Wildman–Crippen LogP) is 3.64. The normalized spacial score (nSPS) is 36.4. The molecule has 0 aromatic rings. The van der Waals surface area contributed by atoms with Gasteiger partial charge in [0.05, 0.1) is 0 Å². The Labute approximate surface area is 132 Å². The number of fused-ring (bicyclic) bond motifs is 1. The van der Waals surface area contributed by atoms with Crippen molar-refractivity contribution < 1.29 is 4.79 Å². The number of likely N-dealkylation sites (tertiary alicyclic amines) is 1. The zero-order valence-electron chi connectivity index (χ0n) is 13.9. The van der Waals surface area contributed by atoms with E-state index in [1.54, 1.807) is 13.1 Å². The van der Waals surface area contributed by atoms with Crippen LogP contribution in [0.15, 0.2) is 39.2 Å². The third-order valence-electron chi connectivity index (χ3n) is 6.64. The molecule has 2 heterocycles. The molecule has 0 amide bonds. The van der Waals surface area contributed by atoms with Gasteiger partial charge in [0.1, 0.15) is 0 Å². The molecule has 3 nitrogen and oxygen atoms in total. The quantitative estimate of drug-likeness (QED) is 0.740. The lowest BCUT2D eigenvalue weighted by Gasteiger charge is -2.47. The molecule has 3 unspecified atom stereocenters. The summed E-state index contributed by atoms with van der Waals surface area (Å²) in [6.07, 6.45) is 8.10. The van der Waals surface area contributed by atoms with Crippen LogP contribution in [0.2, 0.25) is 0 Å². The molecular weight excluding hydrogens is 272 g/mol. The molecular formula is C19H24N2O. The number of allylic oxidation sites excluding steroid dienone is 4. The van der Waals surface area contributed by atoms with Gasteiger partial charge in [-0.3, -0.25) is 9.79 Å². The van der Waals surface area contributed by atoms with Crippen molar-refractivity contribution >= 4 is 12.0 Å². The Bertz CT molecular complexity index is 694. The van der Waals surface area contributed by atoms with Crippen LogP contribution < -0.4 is 0 Å². The first-order chi connectivity index (χ1) is 10.4. The summed E-state index contributed by atoms with van der Waals surface area (Å²) in [5.74, 6) is 0.707. The minimum atomic E-state index is 0.112. The van der Waals surface area contributed by atoms with Gasteiger partial charge in [-0.15, -0.1) is 0 Å². The highest BCUT2D eigenvalue weighted by Crippen LogP contribution is 2.58. The maximum absolute atomic E-state index is 12.3. The number of carbonyl (C=O) groups is 1. The van der Waals surface area contributed by atoms with Crippen LogP contribution in [0.3, 0.4) is 0 Å². The van der Waals surface area contributed by atoms with Gasteiger partial charge in [0.25, 0.3) is 0 Å². The van der Waals surface area contributed by atoms with E-state index in [9.17, 15) is 4.79 Å². The van der Waals surface area contributed by atoms with E-state index in [1.807, 2.05) is 6.21 Å². The summed E-state index contributed by atoms with van der Waals surface area (Å²) < 4.78 is 0. The van der Waals surface area contributed by atoms with E-state index in [0.717, 1.165) is 31.3 Å². The Hall–Kier alpha value is -1.64. The summed E-state index contributed by atoms with van der Waals surface area (Å²) in [5, 5.41) is 0. The standard InChI is InChI=1S/C19H24N2O/c1-11-17-9-13-16(21(17)4)6-5-15-18(13)14(12(2)22)10-20-8-7-19(11,15)3/h8,10-11,17H,5-7,9H2,1-4H3. The Balaban J connectivity index is 2.06.